The molecule has 1 fully saturated rings. The molecule has 2 aromatic rings. The van der Waals surface area contributed by atoms with E-state index < -0.39 is 41.8 Å². The van der Waals surface area contributed by atoms with Crippen LogP contribution in [0.5, 0.6) is 0 Å². The van der Waals surface area contributed by atoms with Crippen molar-refractivity contribution in [2.24, 2.45) is 5.16 Å². The zero-order valence-corrected chi connectivity index (χ0v) is 21.7. The van der Waals surface area contributed by atoms with Crippen LogP contribution in [-0.2, 0) is 30.6 Å². The second kappa shape index (κ2) is 11.6. The van der Waals surface area contributed by atoms with Gasteiger partial charge < -0.3 is 26.1 Å². The van der Waals surface area contributed by atoms with Gasteiger partial charge in [0.1, 0.15) is 22.8 Å². The topological polar surface area (TPSA) is 228 Å². The average molecular weight is 582 g/mol. The number of rotatable bonds is 12. The van der Waals surface area contributed by atoms with Crippen molar-refractivity contribution >= 4 is 69.5 Å². The quantitative estimate of drug-likeness (QED) is 0.0794. The van der Waals surface area contributed by atoms with Crippen LogP contribution in [-0.4, -0.2) is 99.3 Å². The molecule has 2 atom stereocenters. The summed E-state index contributed by atoms with van der Waals surface area (Å²) in [5, 5.41) is 37.4. The summed E-state index contributed by atoms with van der Waals surface area (Å²) < 4.78 is 1.51. The number of nitrogen functional groups attached to an aromatic ring is 1. The summed E-state index contributed by atoms with van der Waals surface area (Å²) in [6, 6.07) is -1.06. The molecular weight excluding hydrogens is 562 g/mol. The van der Waals surface area contributed by atoms with E-state index >= 15 is 0 Å². The summed E-state index contributed by atoms with van der Waals surface area (Å²) in [6.07, 6.45) is 1.62. The maximum absolute atomic E-state index is 13.0. The van der Waals surface area contributed by atoms with Crippen LogP contribution in [0.15, 0.2) is 39.6 Å². The van der Waals surface area contributed by atoms with Crippen molar-refractivity contribution in [2.45, 2.75) is 23.1 Å². The number of nitrogens with two attached hydrogens (primary N) is 1. The van der Waals surface area contributed by atoms with Crippen LogP contribution < -0.4 is 11.1 Å². The van der Waals surface area contributed by atoms with Crippen molar-refractivity contribution < 1.29 is 34.2 Å². The molecule has 2 aromatic heterocycles. The van der Waals surface area contributed by atoms with Gasteiger partial charge in [-0.15, -0.1) is 34.8 Å². The SMILES string of the molecule is C=CCn1nnnc1SCC1=C(C(=O)O)N2C(=O)C(NC(=O)C(=NOCC(=O)O)c3csc(N)n3)[C@@H]2SC1. The van der Waals surface area contributed by atoms with Gasteiger partial charge in [0.2, 0.25) is 11.8 Å². The normalized spacial score (nSPS) is 19.0. The van der Waals surface area contributed by atoms with Crippen LogP contribution in [0.2, 0.25) is 0 Å². The molecule has 0 radical (unpaired) electrons. The van der Waals surface area contributed by atoms with E-state index in [1.165, 1.54) is 33.6 Å². The van der Waals surface area contributed by atoms with E-state index in [2.05, 4.69) is 37.6 Å². The molecule has 1 unspecified atom stereocenters. The van der Waals surface area contributed by atoms with Gasteiger partial charge in [0.15, 0.2) is 10.8 Å². The lowest BCUT2D eigenvalue weighted by Crippen LogP contribution is -2.71. The highest BCUT2D eigenvalue weighted by Gasteiger charge is 2.54. The monoisotopic (exact) mass is 581 g/mol. The summed E-state index contributed by atoms with van der Waals surface area (Å²) >= 11 is 3.52. The number of fused-ring (bicyclic) bond motifs is 1. The molecule has 200 valence electrons. The van der Waals surface area contributed by atoms with Crippen molar-refractivity contribution in [3.8, 4) is 0 Å². The van der Waals surface area contributed by atoms with Gasteiger partial charge in [-0.25, -0.2) is 19.3 Å². The standard InChI is InChI=1S/C19H19N9O7S3/c1-2-3-27-19(23-25-26-27)38-6-8-5-36-16-12(15(32)28(16)13(8)17(33)34)22-14(31)11(24-35-4-10(29)30)9-7-37-18(20)21-9/h2,7,12,16H,1,3-6H2,(H2,20,21)(H,22,31)(H,29,30)(H,33,34)/t12?,16-/m0/s1. The average Bonchev–Trinajstić information content (AvgIpc) is 3.51. The number of hydrogen-bond acceptors (Lipinski definition) is 14. The Morgan fingerprint density at radius 3 is 2.84 bits per heavy atom. The molecular formula is C19H19N9O7S3. The molecule has 2 amide bonds. The van der Waals surface area contributed by atoms with E-state index in [1.807, 2.05) is 0 Å². The molecule has 0 bridgehead atoms. The number of aliphatic carboxylic acids is 2. The van der Waals surface area contributed by atoms with Gasteiger partial charge in [0.25, 0.3) is 11.8 Å². The van der Waals surface area contributed by atoms with Gasteiger partial charge in [-0.05, 0) is 16.0 Å². The molecule has 4 heterocycles. The molecule has 19 heteroatoms. The van der Waals surface area contributed by atoms with Gasteiger partial charge in [-0.1, -0.05) is 23.0 Å². The fourth-order valence-corrected chi connectivity index (χ4v) is 6.36. The van der Waals surface area contributed by atoms with E-state index in [0.717, 1.165) is 16.2 Å². The van der Waals surface area contributed by atoms with Gasteiger partial charge in [-0.2, -0.15) is 0 Å². The first-order valence-electron chi connectivity index (χ1n) is 10.5. The van der Waals surface area contributed by atoms with E-state index in [4.69, 9.17) is 15.7 Å². The summed E-state index contributed by atoms with van der Waals surface area (Å²) in [6.45, 7) is 3.21. The number of aromatic nitrogens is 5. The van der Waals surface area contributed by atoms with E-state index in [1.54, 1.807) is 6.08 Å². The summed E-state index contributed by atoms with van der Waals surface area (Å²) in [5.41, 5.74) is 5.60. The maximum atomic E-state index is 13.0. The fourth-order valence-electron chi connectivity index (χ4n) is 3.45. The van der Waals surface area contributed by atoms with Gasteiger partial charge in [0.05, 0.1) is 6.54 Å². The highest BCUT2D eigenvalue weighted by Crippen LogP contribution is 2.41. The summed E-state index contributed by atoms with van der Waals surface area (Å²) in [5.74, 6) is -3.58. The molecule has 4 rings (SSSR count). The van der Waals surface area contributed by atoms with Crippen LogP contribution >= 0.6 is 34.9 Å². The number of β-lactam (4-membered cyclic amide) rings is 1. The number of nitrogens with one attached hydrogen (secondary N) is 1. The lowest BCUT2D eigenvalue weighted by molar-refractivity contribution is -0.150. The number of thiazole rings is 1. The molecule has 1 saturated heterocycles. The smallest absolute Gasteiger partial charge is 0.352 e. The predicted octanol–water partition coefficient (Wildman–Crippen LogP) is -0.766. The first kappa shape index (κ1) is 27.1. The minimum absolute atomic E-state index is 0.0274. The minimum Gasteiger partial charge on any atom is -0.479 e. The number of tetrazole rings is 1. The third-order valence-electron chi connectivity index (χ3n) is 5.04. The number of amides is 2. The Morgan fingerprint density at radius 1 is 1.39 bits per heavy atom. The number of oxime groups is 1. The van der Waals surface area contributed by atoms with Crippen LogP contribution in [0, 0.1) is 0 Å². The Hall–Kier alpha value is -3.97. The maximum Gasteiger partial charge on any atom is 0.352 e. The van der Waals surface area contributed by atoms with Crippen LogP contribution in [0.25, 0.3) is 0 Å². The van der Waals surface area contributed by atoms with Crippen molar-refractivity contribution in [1.29, 1.82) is 0 Å². The molecule has 38 heavy (non-hydrogen) atoms. The third-order valence-corrected chi connectivity index (χ3v) is 8.09. The molecule has 0 saturated carbocycles. The second-order valence-electron chi connectivity index (χ2n) is 7.52. The Labute approximate surface area is 226 Å². The second-order valence-corrected chi connectivity index (χ2v) is 10.5. The number of allylic oxidation sites excluding steroid dienone is 1. The summed E-state index contributed by atoms with van der Waals surface area (Å²) in [7, 11) is 0. The Bertz CT molecular complexity index is 1350. The van der Waals surface area contributed by atoms with Crippen molar-refractivity contribution in [2.75, 3.05) is 23.8 Å². The first-order chi connectivity index (χ1) is 18.2. The number of carbonyl (C=O) groups is 4. The number of carbonyl (C=O) groups excluding carboxylic acids is 2. The Kier molecular flexibility index (Phi) is 8.27. The van der Waals surface area contributed by atoms with Crippen LogP contribution in [0.4, 0.5) is 5.13 Å². The van der Waals surface area contributed by atoms with Gasteiger partial charge >= 0.3 is 11.9 Å². The zero-order valence-electron chi connectivity index (χ0n) is 19.2. The van der Waals surface area contributed by atoms with Gasteiger partial charge in [0, 0.05) is 16.9 Å². The molecule has 16 nitrogen and oxygen atoms in total. The van der Waals surface area contributed by atoms with Crippen molar-refractivity contribution in [3.05, 3.63) is 35.0 Å². The van der Waals surface area contributed by atoms with Crippen molar-refractivity contribution in [3.63, 3.8) is 0 Å². The largest absolute Gasteiger partial charge is 0.479 e. The number of carboxylic acids is 2. The first-order valence-corrected chi connectivity index (χ1v) is 13.5. The predicted molar refractivity (Wildman–Crippen MR) is 135 cm³/mol. The Morgan fingerprint density at radius 2 is 2.18 bits per heavy atom. The lowest BCUT2D eigenvalue weighted by Gasteiger charge is -2.49. The Balaban J connectivity index is 1.49. The summed E-state index contributed by atoms with van der Waals surface area (Å²) in [4.78, 5) is 58.6. The van der Waals surface area contributed by atoms with E-state index in [9.17, 15) is 24.3 Å². The van der Waals surface area contributed by atoms with E-state index in [-0.39, 0.29) is 33.7 Å². The molecule has 2 aliphatic rings. The molecule has 0 spiro atoms. The van der Waals surface area contributed by atoms with Crippen LogP contribution in [0.3, 0.4) is 0 Å². The third kappa shape index (κ3) is 5.63. The highest BCUT2D eigenvalue weighted by molar-refractivity contribution is 8.01. The molecule has 2 aliphatic heterocycles. The van der Waals surface area contributed by atoms with E-state index in [0.29, 0.717) is 17.3 Å². The number of nitrogens with zero attached hydrogens (tertiary/aromatic N) is 7. The molecule has 0 aromatic carbocycles. The highest BCUT2D eigenvalue weighted by atomic mass is 32.2. The van der Waals surface area contributed by atoms with Crippen LogP contribution in [0.1, 0.15) is 5.69 Å². The zero-order chi connectivity index (χ0) is 27.4. The fraction of sp³-hybridized carbons (Fsp3) is 0.316. The number of thioether (sulfide) groups is 2. The van der Waals surface area contributed by atoms with Crippen molar-refractivity contribution in [1.82, 2.24) is 35.4 Å². The molecule has 0 aliphatic carbocycles. The van der Waals surface area contributed by atoms with Gasteiger partial charge in [-0.3, -0.25) is 14.5 Å². The number of hydrogen-bond donors (Lipinski definition) is 4. The molecule has 5 N–H and O–H groups in total. The lowest BCUT2D eigenvalue weighted by atomic mass is 10.0. The number of carboxylic acid groups (broad SMARTS) is 2. The minimum atomic E-state index is -1.31. The number of anilines is 1.